The van der Waals surface area contributed by atoms with Gasteiger partial charge in [-0.05, 0) is 25.0 Å². The highest BCUT2D eigenvalue weighted by Gasteiger charge is 2.16. The number of nitro benzene ring substituents is 1. The Balaban J connectivity index is 3.36. The van der Waals surface area contributed by atoms with Gasteiger partial charge in [-0.15, -0.1) is 0 Å². The summed E-state index contributed by atoms with van der Waals surface area (Å²) in [6.45, 7) is 3.24. The van der Waals surface area contributed by atoms with Crippen LogP contribution in [0.25, 0.3) is 0 Å². The zero-order valence-corrected chi connectivity index (χ0v) is 6.80. The quantitative estimate of drug-likeness (QED) is 0.478. The molecule has 0 radical (unpaired) electrons. The summed E-state index contributed by atoms with van der Waals surface area (Å²) >= 11 is 0. The summed E-state index contributed by atoms with van der Waals surface area (Å²) in [5, 5.41) is 10.3. The summed E-state index contributed by atoms with van der Waals surface area (Å²) in [5.74, 6) is -0.736. The SMILES string of the molecule is Cc1ccc([N+](=O)[O-])c(F)c1C. The van der Waals surface area contributed by atoms with E-state index in [0.717, 1.165) is 5.56 Å². The molecule has 0 aromatic heterocycles. The Morgan fingerprint density at radius 3 is 2.50 bits per heavy atom. The van der Waals surface area contributed by atoms with Crippen molar-refractivity contribution in [1.82, 2.24) is 0 Å². The van der Waals surface area contributed by atoms with Crippen LogP contribution in [0.3, 0.4) is 0 Å². The van der Waals surface area contributed by atoms with E-state index in [4.69, 9.17) is 0 Å². The zero-order chi connectivity index (χ0) is 9.30. The average molecular weight is 169 g/mol. The van der Waals surface area contributed by atoms with Crippen molar-refractivity contribution in [3.63, 3.8) is 0 Å². The van der Waals surface area contributed by atoms with Crippen LogP contribution >= 0.6 is 0 Å². The van der Waals surface area contributed by atoms with Crippen molar-refractivity contribution < 1.29 is 9.31 Å². The summed E-state index contributed by atoms with van der Waals surface area (Å²) in [6.07, 6.45) is 0. The van der Waals surface area contributed by atoms with Crippen LogP contribution in [0.1, 0.15) is 11.1 Å². The minimum absolute atomic E-state index is 0.337. The van der Waals surface area contributed by atoms with E-state index in [1.807, 2.05) is 0 Å². The van der Waals surface area contributed by atoms with E-state index >= 15 is 0 Å². The van der Waals surface area contributed by atoms with E-state index < -0.39 is 16.4 Å². The molecule has 0 saturated carbocycles. The van der Waals surface area contributed by atoms with Gasteiger partial charge in [0, 0.05) is 6.07 Å². The molecule has 0 aliphatic rings. The molecule has 4 heteroatoms. The number of nitro groups is 1. The molecular weight excluding hydrogens is 161 g/mol. The van der Waals surface area contributed by atoms with Gasteiger partial charge in [-0.2, -0.15) is 4.39 Å². The van der Waals surface area contributed by atoms with Crippen LogP contribution in [-0.2, 0) is 0 Å². The molecule has 0 bridgehead atoms. The molecular formula is C8H8FNO2. The largest absolute Gasteiger partial charge is 0.305 e. The molecule has 1 rings (SSSR count). The van der Waals surface area contributed by atoms with E-state index in [2.05, 4.69) is 0 Å². The molecule has 0 aliphatic heterocycles. The van der Waals surface area contributed by atoms with Gasteiger partial charge in [0.15, 0.2) is 0 Å². The molecule has 1 aromatic carbocycles. The van der Waals surface area contributed by atoms with Gasteiger partial charge in [-0.1, -0.05) is 6.07 Å². The van der Waals surface area contributed by atoms with Gasteiger partial charge in [-0.25, -0.2) is 0 Å². The van der Waals surface area contributed by atoms with Crippen molar-refractivity contribution in [2.24, 2.45) is 0 Å². The smallest absolute Gasteiger partial charge is 0.258 e. The third-order valence-corrected chi connectivity index (χ3v) is 1.83. The van der Waals surface area contributed by atoms with Crippen molar-refractivity contribution in [2.75, 3.05) is 0 Å². The van der Waals surface area contributed by atoms with Crippen molar-refractivity contribution in [3.05, 3.63) is 39.2 Å². The van der Waals surface area contributed by atoms with Crippen molar-refractivity contribution >= 4 is 5.69 Å². The average Bonchev–Trinajstić information content (AvgIpc) is 2.00. The Hall–Kier alpha value is -1.45. The third-order valence-electron chi connectivity index (χ3n) is 1.83. The van der Waals surface area contributed by atoms with Gasteiger partial charge in [-0.3, -0.25) is 10.1 Å². The number of hydrogen-bond donors (Lipinski definition) is 0. The molecule has 12 heavy (non-hydrogen) atoms. The van der Waals surface area contributed by atoms with Crippen LogP contribution in [0.15, 0.2) is 12.1 Å². The van der Waals surface area contributed by atoms with Gasteiger partial charge >= 0.3 is 5.69 Å². The molecule has 64 valence electrons. The lowest BCUT2D eigenvalue weighted by Gasteiger charge is -2.00. The fourth-order valence-electron chi connectivity index (χ4n) is 0.908. The standard InChI is InChI=1S/C8H8FNO2/c1-5-3-4-7(10(11)12)8(9)6(5)2/h3-4H,1-2H3. The highest BCUT2D eigenvalue weighted by Crippen LogP contribution is 2.21. The van der Waals surface area contributed by atoms with Gasteiger partial charge in [0.1, 0.15) is 0 Å². The second-order valence-electron chi connectivity index (χ2n) is 2.60. The lowest BCUT2D eigenvalue weighted by molar-refractivity contribution is -0.387. The van der Waals surface area contributed by atoms with Crippen molar-refractivity contribution in [3.8, 4) is 0 Å². The summed E-state index contributed by atoms with van der Waals surface area (Å²) in [6, 6.07) is 2.72. The maximum atomic E-state index is 13.1. The van der Waals surface area contributed by atoms with Crippen molar-refractivity contribution in [1.29, 1.82) is 0 Å². The molecule has 0 atom stereocenters. The highest BCUT2D eigenvalue weighted by atomic mass is 19.1. The molecule has 0 heterocycles. The number of hydrogen-bond acceptors (Lipinski definition) is 2. The normalized spacial score (nSPS) is 9.92. The van der Waals surface area contributed by atoms with Crippen LogP contribution < -0.4 is 0 Å². The monoisotopic (exact) mass is 169 g/mol. The van der Waals surface area contributed by atoms with Crippen LogP contribution in [0.5, 0.6) is 0 Å². The first-order valence-corrected chi connectivity index (χ1v) is 3.44. The van der Waals surface area contributed by atoms with Crippen molar-refractivity contribution in [2.45, 2.75) is 13.8 Å². The molecule has 0 unspecified atom stereocenters. The number of benzene rings is 1. The molecule has 3 nitrogen and oxygen atoms in total. The third kappa shape index (κ3) is 1.28. The van der Waals surface area contributed by atoms with Crippen LogP contribution in [0, 0.1) is 29.8 Å². The van der Waals surface area contributed by atoms with Gasteiger partial charge in [0.25, 0.3) is 0 Å². The first-order chi connectivity index (χ1) is 5.54. The topological polar surface area (TPSA) is 43.1 Å². The van der Waals surface area contributed by atoms with Gasteiger partial charge in [0.05, 0.1) is 4.92 Å². The predicted octanol–water partition coefficient (Wildman–Crippen LogP) is 2.35. The molecule has 0 fully saturated rings. The van der Waals surface area contributed by atoms with Gasteiger partial charge < -0.3 is 0 Å². The lowest BCUT2D eigenvalue weighted by Crippen LogP contribution is -1.96. The summed E-state index contributed by atoms with van der Waals surface area (Å²) in [7, 11) is 0. The Labute approximate surface area is 69.0 Å². The van der Waals surface area contributed by atoms with E-state index in [1.165, 1.54) is 19.1 Å². The first-order valence-electron chi connectivity index (χ1n) is 3.44. The molecule has 0 spiro atoms. The highest BCUT2D eigenvalue weighted by molar-refractivity contribution is 5.40. The van der Waals surface area contributed by atoms with E-state index in [-0.39, 0.29) is 0 Å². The summed E-state index contributed by atoms with van der Waals surface area (Å²) in [4.78, 5) is 9.53. The minimum atomic E-state index is -0.736. The van der Waals surface area contributed by atoms with Gasteiger partial charge in [0.2, 0.25) is 5.82 Å². The van der Waals surface area contributed by atoms with Crippen LogP contribution in [-0.4, -0.2) is 4.92 Å². The maximum absolute atomic E-state index is 13.1. The maximum Gasteiger partial charge on any atom is 0.305 e. The zero-order valence-electron chi connectivity index (χ0n) is 6.80. The number of nitrogens with zero attached hydrogens (tertiary/aromatic N) is 1. The summed E-state index contributed by atoms with van der Waals surface area (Å²) < 4.78 is 13.1. The minimum Gasteiger partial charge on any atom is -0.258 e. The lowest BCUT2D eigenvalue weighted by atomic mass is 10.1. The Morgan fingerprint density at radius 2 is 2.00 bits per heavy atom. The molecule has 0 amide bonds. The molecule has 0 N–H and O–H groups in total. The summed E-state index contributed by atoms with van der Waals surface area (Å²) in [5.41, 5.74) is 0.598. The van der Waals surface area contributed by atoms with E-state index in [0.29, 0.717) is 5.56 Å². The Kier molecular flexibility index (Phi) is 2.08. The van der Waals surface area contributed by atoms with E-state index in [1.54, 1.807) is 6.92 Å². The predicted molar refractivity (Wildman–Crippen MR) is 42.5 cm³/mol. The van der Waals surface area contributed by atoms with Crippen LogP contribution in [0.4, 0.5) is 10.1 Å². The van der Waals surface area contributed by atoms with Crippen LogP contribution in [0.2, 0.25) is 0 Å². The Morgan fingerprint density at radius 1 is 1.42 bits per heavy atom. The molecule has 0 aliphatic carbocycles. The number of rotatable bonds is 1. The fourth-order valence-corrected chi connectivity index (χ4v) is 0.908. The second-order valence-corrected chi connectivity index (χ2v) is 2.60. The molecule has 1 aromatic rings. The fraction of sp³-hybridized carbons (Fsp3) is 0.250. The Bertz CT molecular complexity index is 336. The number of aryl methyl sites for hydroxylation is 1. The first kappa shape index (κ1) is 8.64. The second kappa shape index (κ2) is 2.89. The number of halogens is 1. The molecule has 0 saturated heterocycles. The van der Waals surface area contributed by atoms with E-state index in [9.17, 15) is 14.5 Å².